The molecule has 0 saturated carbocycles. The Morgan fingerprint density at radius 3 is 2.95 bits per heavy atom. The lowest BCUT2D eigenvalue weighted by Gasteiger charge is -2.07. The van der Waals surface area contributed by atoms with Crippen molar-refractivity contribution in [3.63, 3.8) is 0 Å². The Kier molecular flexibility index (Phi) is 3.93. The molecule has 0 unspecified atom stereocenters. The number of H-pyrrole nitrogens is 1. The van der Waals surface area contributed by atoms with Crippen LogP contribution in [-0.4, -0.2) is 40.2 Å². The van der Waals surface area contributed by atoms with Gasteiger partial charge in [-0.1, -0.05) is 5.21 Å². The molecule has 0 fully saturated rings. The van der Waals surface area contributed by atoms with Crippen LogP contribution in [0.3, 0.4) is 0 Å². The molecule has 0 aliphatic heterocycles. The summed E-state index contributed by atoms with van der Waals surface area (Å²) in [6.07, 6.45) is 3.18. The van der Waals surface area contributed by atoms with Crippen LogP contribution in [0.25, 0.3) is 0 Å². The van der Waals surface area contributed by atoms with Crippen molar-refractivity contribution in [1.29, 1.82) is 0 Å². The van der Waals surface area contributed by atoms with E-state index in [9.17, 15) is 8.42 Å². The zero-order valence-electron chi connectivity index (χ0n) is 10.4. The standard InChI is InChI=1S/C9H15N7O2S/c1-7-9(8(6-10)14-13-7)19(17,18)12-3-5-16-4-2-11-15-16/h2,4,12H,3,5-6,10H2,1H3,(H,13,14). The number of nitrogens with two attached hydrogens (primary N) is 1. The van der Waals surface area contributed by atoms with E-state index in [1.165, 1.54) is 10.9 Å². The summed E-state index contributed by atoms with van der Waals surface area (Å²) in [7, 11) is -3.63. The van der Waals surface area contributed by atoms with Crippen LogP contribution in [0.15, 0.2) is 17.3 Å². The van der Waals surface area contributed by atoms with E-state index in [0.29, 0.717) is 17.9 Å². The van der Waals surface area contributed by atoms with E-state index in [4.69, 9.17) is 5.73 Å². The highest BCUT2D eigenvalue weighted by Crippen LogP contribution is 2.16. The molecule has 2 aromatic heterocycles. The van der Waals surface area contributed by atoms with Crippen LogP contribution >= 0.6 is 0 Å². The van der Waals surface area contributed by atoms with Crippen molar-refractivity contribution in [3.8, 4) is 0 Å². The maximum Gasteiger partial charge on any atom is 0.244 e. The van der Waals surface area contributed by atoms with E-state index >= 15 is 0 Å². The molecule has 0 bridgehead atoms. The predicted octanol–water partition coefficient (Wildman–Crippen LogP) is -1.25. The van der Waals surface area contributed by atoms with E-state index in [1.54, 1.807) is 13.1 Å². The average molecular weight is 285 g/mol. The molecule has 0 amide bonds. The van der Waals surface area contributed by atoms with E-state index in [2.05, 4.69) is 25.2 Å². The number of hydrogen-bond acceptors (Lipinski definition) is 6. The maximum atomic E-state index is 12.2. The van der Waals surface area contributed by atoms with Crippen LogP contribution in [0.2, 0.25) is 0 Å². The molecule has 0 radical (unpaired) electrons. The summed E-state index contributed by atoms with van der Waals surface area (Å²) >= 11 is 0. The first-order chi connectivity index (χ1) is 9.04. The normalized spacial score (nSPS) is 11.9. The van der Waals surface area contributed by atoms with Crippen molar-refractivity contribution in [2.24, 2.45) is 5.73 Å². The molecule has 4 N–H and O–H groups in total. The summed E-state index contributed by atoms with van der Waals surface area (Å²) in [4.78, 5) is 0.119. The van der Waals surface area contributed by atoms with Crippen LogP contribution < -0.4 is 10.5 Å². The summed E-state index contributed by atoms with van der Waals surface area (Å²) in [6, 6.07) is 0. The summed E-state index contributed by atoms with van der Waals surface area (Å²) < 4.78 is 28.3. The van der Waals surface area contributed by atoms with Crippen LogP contribution in [0.5, 0.6) is 0 Å². The monoisotopic (exact) mass is 285 g/mol. The first-order valence-electron chi connectivity index (χ1n) is 5.62. The van der Waals surface area contributed by atoms with Crippen molar-refractivity contribution in [2.75, 3.05) is 6.54 Å². The Balaban J connectivity index is 2.07. The molecule has 10 heteroatoms. The third-order valence-electron chi connectivity index (χ3n) is 2.53. The van der Waals surface area contributed by atoms with E-state index < -0.39 is 10.0 Å². The van der Waals surface area contributed by atoms with Gasteiger partial charge in [0.2, 0.25) is 10.0 Å². The zero-order valence-corrected chi connectivity index (χ0v) is 11.2. The molecule has 0 saturated heterocycles. The Morgan fingerprint density at radius 2 is 2.32 bits per heavy atom. The van der Waals surface area contributed by atoms with Crippen LogP contribution in [0.1, 0.15) is 11.4 Å². The third kappa shape index (κ3) is 2.97. The smallest absolute Gasteiger partial charge is 0.244 e. The van der Waals surface area contributed by atoms with Gasteiger partial charge in [0, 0.05) is 19.3 Å². The summed E-state index contributed by atoms with van der Waals surface area (Å²) in [5.41, 5.74) is 6.26. The molecule has 0 spiro atoms. The molecular weight excluding hydrogens is 270 g/mol. The van der Waals surface area contributed by atoms with Gasteiger partial charge in [-0.3, -0.25) is 9.78 Å². The van der Waals surface area contributed by atoms with Gasteiger partial charge >= 0.3 is 0 Å². The minimum absolute atomic E-state index is 0.0592. The zero-order chi connectivity index (χ0) is 13.9. The SMILES string of the molecule is Cc1[nH]nc(CN)c1S(=O)(=O)NCCn1ccnn1. The highest BCUT2D eigenvalue weighted by atomic mass is 32.2. The van der Waals surface area contributed by atoms with Crippen molar-refractivity contribution >= 4 is 10.0 Å². The largest absolute Gasteiger partial charge is 0.325 e. The van der Waals surface area contributed by atoms with Crippen molar-refractivity contribution in [3.05, 3.63) is 23.8 Å². The number of aryl methyl sites for hydroxylation is 1. The minimum atomic E-state index is -3.63. The number of sulfonamides is 1. The lowest BCUT2D eigenvalue weighted by molar-refractivity contribution is 0.552. The molecule has 0 aromatic carbocycles. The van der Waals surface area contributed by atoms with Gasteiger partial charge in [0.15, 0.2) is 0 Å². The Labute approximate surface area is 110 Å². The van der Waals surface area contributed by atoms with Gasteiger partial charge in [0.1, 0.15) is 4.90 Å². The molecule has 2 rings (SSSR count). The van der Waals surface area contributed by atoms with Gasteiger partial charge in [-0.2, -0.15) is 5.10 Å². The second-order valence-electron chi connectivity index (χ2n) is 3.89. The van der Waals surface area contributed by atoms with E-state index in [-0.39, 0.29) is 18.0 Å². The minimum Gasteiger partial charge on any atom is -0.325 e. The van der Waals surface area contributed by atoms with Gasteiger partial charge in [0.25, 0.3) is 0 Å². The fourth-order valence-electron chi connectivity index (χ4n) is 1.68. The van der Waals surface area contributed by atoms with Gasteiger partial charge in [-0.05, 0) is 6.92 Å². The number of hydrogen-bond donors (Lipinski definition) is 3. The summed E-state index contributed by atoms with van der Waals surface area (Å²) in [6.45, 7) is 2.30. The number of rotatable bonds is 6. The molecule has 0 aliphatic carbocycles. The number of nitrogens with zero attached hydrogens (tertiary/aromatic N) is 4. The lowest BCUT2D eigenvalue weighted by atomic mass is 10.4. The fraction of sp³-hybridized carbons (Fsp3) is 0.444. The van der Waals surface area contributed by atoms with E-state index in [1.807, 2.05) is 0 Å². The molecule has 2 heterocycles. The van der Waals surface area contributed by atoms with Gasteiger partial charge in [-0.15, -0.1) is 5.10 Å². The Hall–Kier alpha value is -1.78. The van der Waals surface area contributed by atoms with Gasteiger partial charge < -0.3 is 5.73 Å². The molecular formula is C9H15N7O2S. The lowest BCUT2D eigenvalue weighted by Crippen LogP contribution is -2.28. The van der Waals surface area contributed by atoms with Crippen molar-refractivity contribution in [1.82, 2.24) is 29.9 Å². The Bertz CT molecular complexity index is 632. The third-order valence-corrected chi connectivity index (χ3v) is 4.19. The molecule has 104 valence electrons. The van der Waals surface area contributed by atoms with E-state index in [0.717, 1.165) is 0 Å². The van der Waals surface area contributed by atoms with Crippen LogP contribution in [0.4, 0.5) is 0 Å². The van der Waals surface area contributed by atoms with Crippen molar-refractivity contribution < 1.29 is 8.42 Å². The number of aromatic amines is 1. The first-order valence-corrected chi connectivity index (χ1v) is 7.10. The van der Waals surface area contributed by atoms with Crippen LogP contribution in [-0.2, 0) is 23.1 Å². The first kappa shape index (κ1) is 13.6. The molecule has 0 aliphatic rings. The van der Waals surface area contributed by atoms with Gasteiger partial charge in [-0.25, -0.2) is 13.1 Å². The quantitative estimate of drug-likeness (QED) is 0.607. The second-order valence-corrected chi connectivity index (χ2v) is 5.60. The molecule has 9 nitrogen and oxygen atoms in total. The predicted molar refractivity (Wildman–Crippen MR) is 66.4 cm³/mol. The van der Waals surface area contributed by atoms with Crippen LogP contribution in [0, 0.1) is 6.92 Å². The molecule has 2 aromatic rings. The average Bonchev–Trinajstić information content (AvgIpc) is 2.98. The number of nitrogens with one attached hydrogen (secondary N) is 2. The van der Waals surface area contributed by atoms with Crippen molar-refractivity contribution in [2.45, 2.75) is 24.9 Å². The van der Waals surface area contributed by atoms with Gasteiger partial charge in [0.05, 0.1) is 24.1 Å². The highest BCUT2D eigenvalue weighted by molar-refractivity contribution is 7.89. The number of aromatic nitrogens is 5. The maximum absolute atomic E-state index is 12.2. The molecule has 0 atom stereocenters. The highest BCUT2D eigenvalue weighted by Gasteiger charge is 2.23. The summed E-state index contributed by atoms with van der Waals surface area (Å²) in [5.74, 6) is 0. The topological polar surface area (TPSA) is 132 Å². The summed E-state index contributed by atoms with van der Waals surface area (Å²) in [5, 5.41) is 13.9. The fourth-order valence-corrected chi connectivity index (χ4v) is 3.08. The Morgan fingerprint density at radius 1 is 1.53 bits per heavy atom. The second kappa shape index (κ2) is 5.47. The molecule has 19 heavy (non-hydrogen) atoms.